The molecule has 2 heterocycles. The highest BCUT2D eigenvalue weighted by atomic mass is 127. The van der Waals surface area contributed by atoms with Crippen LogP contribution in [0.3, 0.4) is 0 Å². The number of halogens is 1. The number of para-hydroxylation sites is 2. The van der Waals surface area contributed by atoms with Gasteiger partial charge in [-0.25, -0.2) is 0 Å². The largest absolute Gasteiger partial charge is 0.335 e. The van der Waals surface area contributed by atoms with Gasteiger partial charge in [0.1, 0.15) is 11.2 Å². The van der Waals surface area contributed by atoms with E-state index in [9.17, 15) is 0 Å². The van der Waals surface area contributed by atoms with Crippen LogP contribution in [0.1, 0.15) is 45.5 Å². The van der Waals surface area contributed by atoms with Gasteiger partial charge in [0.15, 0.2) is 0 Å². The molecule has 182 valence electrons. The Morgan fingerprint density at radius 2 is 1.80 bits per heavy atom. The Hall–Kier alpha value is -1.83. The summed E-state index contributed by atoms with van der Waals surface area (Å²) in [5.41, 5.74) is 5.76. The van der Waals surface area contributed by atoms with Gasteiger partial charge in [-0.2, -0.15) is 4.57 Å². The van der Waals surface area contributed by atoms with Crippen molar-refractivity contribution < 1.29 is 4.57 Å². The molecule has 0 N–H and O–H groups in total. The summed E-state index contributed by atoms with van der Waals surface area (Å²) < 4.78 is 3.75. The van der Waals surface area contributed by atoms with E-state index in [1.807, 2.05) is 23.1 Å². The standard InChI is InChI=1S/C30H33N2S2.HI/c1-5-31-24-13-7-9-15-26(24)33-28(31)17-11-12-22-18-23(21-30(3,4)20-22)19-29-32(6-2)25-14-8-10-16-27(25)34-29;/h7-19H,5-6,20-21H2,1-4H3;1H/q+1;. The van der Waals surface area contributed by atoms with E-state index in [1.54, 1.807) is 0 Å². The summed E-state index contributed by atoms with van der Waals surface area (Å²) >= 11 is 3.76. The van der Waals surface area contributed by atoms with E-state index < -0.39 is 0 Å². The molecule has 1 aliphatic heterocycles. The molecule has 0 saturated heterocycles. The van der Waals surface area contributed by atoms with Crippen molar-refractivity contribution in [2.45, 2.75) is 52.0 Å². The fourth-order valence-electron chi connectivity index (χ4n) is 5.11. The molecule has 2 aliphatic rings. The number of aryl methyl sites for hydroxylation is 1. The molecule has 0 fully saturated rings. The average molecular weight is 614 g/mol. The summed E-state index contributed by atoms with van der Waals surface area (Å²) in [6.07, 6.45) is 13.9. The van der Waals surface area contributed by atoms with E-state index in [0.717, 1.165) is 25.9 Å². The van der Waals surface area contributed by atoms with Crippen molar-refractivity contribution in [3.8, 4) is 0 Å². The van der Waals surface area contributed by atoms with Gasteiger partial charge < -0.3 is 4.90 Å². The second-order valence-corrected chi connectivity index (χ2v) is 11.9. The van der Waals surface area contributed by atoms with Crippen molar-refractivity contribution in [1.82, 2.24) is 0 Å². The lowest BCUT2D eigenvalue weighted by molar-refractivity contribution is -0.665. The summed E-state index contributed by atoms with van der Waals surface area (Å²) in [6, 6.07) is 17.4. The van der Waals surface area contributed by atoms with Gasteiger partial charge in [-0.15, -0.1) is 24.0 Å². The normalized spacial score (nSPS) is 19.4. The number of hydrogen-bond acceptors (Lipinski definition) is 3. The van der Waals surface area contributed by atoms with E-state index in [1.165, 1.54) is 42.0 Å². The number of thioether (sulfide) groups is 1. The van der Waals surface area contributed by atoms with Crippen molar-refractivity contribution in [2.24, 2.45) is 5.41 Å². The molecule has 5 heteroatoms. The van der Waals surface area contributed by atoms with E-state index >= 15 is 0 Å². The first-order valence-electron chi connectivity index (χ1n) is 12.2. The van der Waals surface area contributed by atoms with Crippen LogP contribution in [0.5, 0.6) is 0 Å². The monoisotopic (exact) mass is 613 g/mol. The van der Waals surface area contributed by atoms with Crippen LogP contribution >= 0.6 is 47.1 Å². The Balaban J connectivity index is 0.00000289. The molecule has 0 atom stereocenters. The number of aromatic nitrogens is 1. The summed E-state index contributed by atoms with van der Waals surface area (Å²) in [6.45, 7) is 11.2. The fraction of sp³-hybridized carbons (Fsp3) is 0.300. The highest BCUT2D eigenvalue weighted by Crippen LogP contribution is 2.47. The zero-order chi connectivity index (χ0) is 23.7. The van der Waals surface area contributed by atoms with Gasteiger partial charge in [-0.3, -0.25) is 0 Å². The van der Waals surface area contributed by atoms with E-state index in [4.69, 9.17) is 0 Å². The van der Waals surface area contributed by atoms with Gasteiger partial charge >= 0.3 is 0 Å². The molecule has 0 amide bonds. The maximum atomic E-state index is 2.44. The van der Waals surface area contributed by atoms with Crippen LogP contribution in [-0.4, -0.2) is 6.54 Å². The third-order valence-electron chi connectivity index (χ3n) is 6.50. The lowest BCUT2D eigenvalue weighted by atomic mass is 9.75. The molecular weight excluding hydrogens is 579 g/mol. The number of fused-ring (bicyclic) bond motifs is 2. The Bertz CT molecular complexity index is 1340. The zero-order valence-corrected chi connectivity index (χ0v) is 24.9. The molecule has 0 saturated carbocycles. The second-order valence-electron chi connectivity index (χ2n) is 9.79. The minimum Gasteiger partial charge on any atom is -0.335 e. The molecule has 1 aromatic heterocycles. The number of benzene rings is 2. The van der Waals surface area contributed by atoms with Crippen LogP contribution < -0.4 is 9.47 Å². The Kier molecular flexibility index (Phi) is 8.29. The lowest BCUT2D eigenvalue weighted by Crippen LogP contribution is -2.33. The molecule has 0 radical (unpaired) electrons. The number of allylic oxidation sites excluding steroid dienone is 6. The van der Waals surface area contributed by atoms with Gasteiger partial charge in [0.25, 0.3) is 5.01 Å². The summed E-state index contributed by atoms with van der Waals surface area (Å²) in [4.78, 5) is 3.80. The quantitative estimate of drug-likeness (QED) is 0.210. The predicted molar refractivity (Wildman–Crippen MR) is 165 cm³/mol. The number of thiazole rings is 1. The number of anilines is 1. The third kappa shape index (κ3) is 5.62. The number of hydrogen-bond donors (Lipinski definition) is 0. The van der Waals surface area contributed by atoms with Crippen LogP contribution in [0.4, 0.5) is 5.69 Å². The Labute approximate surface area is 235 Å². The molecule has 35 heavy (non-hydrogen) atoms. The van der Waals surface area contributed by atoms with Crippen LogP contribution in [0.2, 0.25) is 0 Å². The van der Waals surface area contributed by atoms with Crippen LogP contribution in [0.15, 0.2) is 93.9 Å². The first kappa shape index (κ1) is 26.2. The van der Waals surface area contributed by atoms with Gasteiger partial charge in [0.2, 0.25) is 5.52 Å². The molecular formula is C30H34IN2S2+. The lowest BCUT2D eigenvalue weighted by Gasteiger charge is -2.31. The first-order chi connectivity index (χ1) is 16.5. The van der Waals surface area contributed by atoms with E-state index in [0.29, 0.717) is 0 Å². The van der Waals surface area contributed by atoms with Crippen molar-refractivity contribution in [3.63, 3.8) is 0 Å². The van der Waals surface area contributed by atoms with Crippen molar-refractivity contribution >= 4 is 69.1 Å². The van der Waals surface area contributed by atoms with Crippen molar-refractivity contribution in [1.29, 1.82) is 0 Å². The first-order valence-corrected chi connectivity index (χ1v) is 13.9. The Morgan fingerprint density at radius 3 is 2.60 bits per heavy atom. The predicted octanol–water partition coefficient (Wildman–Crippen LogP) is 8.99. The molecule has 0 unspecified atom stereocenters. The molecule has 0 bridgehead atoms. The molecule has 5 rings (SSSR count). The van der Waals surface area contributed by atoms with Crippen LogP contribution in [0, 0.1) is 5.41 Å². The minimum atomic E-state index is 0. The molecule has 1 aliphatic carbocycles. The van der Waals surface area contributed by atoms with Gasteiger partial charge in [-0.05, 0) is 67.5 Å². The maximum Gasteiger partial charge on any atom is 0.262 e. The highest BCUT2D eigenvalue weighted by Gasteiger charge is 2.28. The topological polar surface area (TPSA) is 7.12 Å². The second kappa shape index (κ2) is 11.1. The van der Waals surface area contributed by atoms with Crippen molar-refractivity contribution in [2.75, 3.05) is 11.4 Å². The number of rotatable bonds is 5. The molecule has 0 spiro atoms. The minimum absolute atomic E-state index is 0. The summed E-state index contributed by atoms with van der Waals surface area (Å²) in [5, 5.41) is 2.65. The van der Waals surface area contributed by atoms with Gasteiger partial charge in [0.05, 0.1) is 10.7 Å². The highest BCUT2D eigenvalue weighted by molar-refractivity contribution is 14.0. The maximum absolute atomic E-state index is 2.44. The SMILES string of the molecule is CCN1/C(=C/C2=CC(=C/C=C/c3sc4ccccc4[n+]3CC)/CC(C)(C)C2)Sc2ccccc21.I. The van der Waals surface area contributed by atoms with Gasteiger partial charge in [0, 0.05) is 23.6 Å². The van der Waals surface area contributed by atoms with E-state index in [2.05, 4.69) is 116 Å². The molecule has 2 nitrogen and oxygen atoms in total. The van der Waals surface area contributed by atoms with Crippen LogP contribution in [0.25, 0.3) is 16.3 Å². The van der Waals surface area contributed by atoms with Gasteiger partial charge in [-0.1, -0.05) is 79.4 Å². The average Bonchev–Trinajstić information content (AvgIpc) is 3.34. The fourth-order valence-corrected chi connectivity index (χ4v) is 7.45. The van der Waals surface area contributed by atoms with Crippen molar-refractivity contribution in [3.05, 3.63) is 94.0 Å². The number of nitrogens with zero attached hydrogens (tertiary/aromatic N) is 2. The molecule has 3 aromatic rings. The van der Waals surface area contributed by atoms with Crippen LogP contribution in [-0.2, 0) is 6.54 Å². The summed E-state index contributed by atoms with van der Waals surface area (Å²) in [7, 11) is 0. The molecule has 2 aromatic carbocycles. The summed E-state index contributed by atoms with van der Waals surface area (Å²) in [5.74, 6) is 0. The zero-order valence-electron chi connectivity index (χ0n) is 21.0. The third-order valence-corrected chi connectivity index (χ3v) is 8.74. The van der Waals surface area contributed by atoms with E-state index in [-0.39, 0.29) is 29.4 Å². The smallest absolute Gasteiger partial charge is 0.262 e. The Morgan fingerprint density at radius 1 is 1.03 bits per heavy atom.